The van der Waals surface area contributed by atoms with Crippen molar-refractivity contribution in [3.63, 3.8) is 0 Å². The molecule has 0 amide bonds. The van der Waals surface area contributed by atoms with Crippen LogP contribution in [0, 0.1) is 11.8 Å². The zero-order valence-electron chi connectivity index (χ0n) is 7.77. The van der Waals surface area contributed by atoms with E-state index in [1.807, 2.05) is 7.05 Å². The number of hydrogen-bond acceptors (Lipinski definition) is 2. The summed E-state index contributed by atoms with van der Waals surface area (Å²) >= 11 is 11.4. The first kappa shape index (κ1) is 11.3. The summed E-state index contributed by atoms with van der Waals surface area (Å²) in [5, 5.41) is 3.75. The molecule has 0 bridgehead atoms. The van der Waals surface area contributed by atoms with Crippen LogP contribution in [0.3, 0.4) is 0 Å². The third kappa shape index (κ3) is 3.97. The fraction of sp³-hybridized carbons (Fsp3) is 0.300. The van der Waals surface area contributed by atoms with Crippen molar-refractivity contribution in [1.29, 1.82) is 0 Å². The van der Waals surface area contributed by atoms with Gasteiger partial charge in [-0.05, 0) is 19.2 Å². The van der Waals surface area contributed by atoms with Crippen LogP contribution in [0.15, 0.2) is 12.1 Å². The lowest BCUT2D eigenvalue weighted by Crippen LogP contribution is -2.05. The van der Waals surface area contributed by atoms with Gasteiger partial charge in [0, 0.05) is 18.5 Å². The Labute approximate surface area is 93.6 Å². The van der Waals surface area contributed by atoms with E-state index in [1.165, 1.54) is 0 Å². The molecule has 14 heavy (non-hydrogen) atoms. The summed E-state index contributed by atoms with van der Waals surface area (Å²) in [6.45, 7) is 0.875. The molecule has 0 radical (unpaired) electrons. The molecule has 0 fully saturated rings. The highest BCUT2D eigenvalue weighted by Crippen LogP contribution is 2.13. The summed E-state index contributed by atoms with van der Waals surface area (Å²) in [7, 11) is 1.89. The molecule has 0 aliphatic heterocycles. The second-order valence-electron chi connectivity index (χ2n) is 2.66. The van der Waals surface area contributed by atoms with E-state index < -0.39 is 0 Å². The molecule has 0 aromatic carbocycles. The molecule has 1 aromatic rings. The van der Waals surface area contributed by atoms with Gasteiger partial charge in [0.15, 0.2) is 0 Å². The Morgan fingerprint density at radius 1 is 1.36 bits per heavy atom. The molecule has 0 aliphatic carbocycles. The van der Waals surface area contributed by atoms with Crippen molar-refractivity contribution in [2.75, 3.05) is 13.6 Å². The standard InChI is InChI=1S/C10H10Cl2N2/c1-13-5-3-2-4-8-6-9(11)14-10(12)7-8/h6-7,13H,3,5H2,1H3. The first-order valence-electron chi connectivity index (χ1n) is 4.19. The van der Waals surface area contributed by atoms with Crippen LogP contribution >= 0.6 is 23.2 Å². The van der Waals surface area contributed by atoms with Gasteiger partial charge in [-0.3, -0.25) is 0 Å². The lowest BCUT2D eigenvalue weighted by Gasteiger charge is -1.93. The second kappa shape index (κ2) is 5.87. The molecule has 0 atom stereocenters. The van der Waals surface area contributed by atoms with E-state index >= 15 is 0 Å². The van der Waals surface area contributed by atoms with Crippen LogP contribution in [0.2, 0.25) is 10.3 Å². The molecule has 0 spiro atoms. The summed E-state index contributed by atoms with van der Waals surface area (Å²) in [6, 6.07) is 3.39. The van der Waals surface area contributed by atoms with Crippen molar-refractivity contribution in [3.05, 3.63) is 28.0 Å². The molecule has 4 heteroatoms. The van der Waals surface area contributed by atoms with Gasteiger partial charge in [-0.2, -0.15) is 0 Å². The number of nitrogens with zero attached hydrogens (tertiary/aromatic N) is 1. The summed E-state index contributed by atoms with van der Waals surface area (Å²) in [6.07, 6.45) is 0.800. The van der Waals surface area contributed by atoms with E-state index in [0.29, 0.717) is 10.3 Å². The number of hydrogen-bond donors (Lipinski definition) is 1. The normalized spacial score (nSPS) is 9.36. The van der Waals surface area contributed by atoms with Gasteiger partial charge in [-0.1, -0.05) is 35.0 Å². The third-order valence-electron chi connectivity index (χ3n) is 1.50. The molecular weight excluding hydrogens is 219 g/mol. The Bertz CT molecular complexity index is 346. The SMILES string of the molecule is CNCCC#Cc1cc(Cl)nc(Cl)c1. The zero-order valence-corrected chi connectivity index (χ0v) is 9.28. The first-order valence-corrected chi connectivity index (χ1v) is 4.94. The Hall–Kier alpha value is -0.750. The van der Waals surface area contributed by atoms with Gasteiger partial charge in [0.25, 0.3) is 0 Å². The molecule has 0 saturated carbocycles. The molecule has 0 unspecified atom stereocenters. The number of pyridine rings is 1. The van der Waals surface area contributed by atoms with Crippen molar-refractivity contribution in [2.45, 2.75) is 6.42 Å². The quantitative estimate of drug-likeness (QED) is 0.478. The lowest BCUT2D eigenvalue weighted by atomic mass is 10.2. The molecule has 1 heterocycles. The zero-order chi connectivity index (χ0) is 10.4. The van der Waals surface area contributed by atoms with Crippen molar-refractivity contribution in [2.24, 2.45) is 0 Å². The smallest absolute Gasteiger partial charge is 0.132 e. The average Bonchev–Trinajstić information content (AvgIpc) is 2.11. The van der Waals surface area contributed by atoms with Gasteiger partial charge in [0.1, 0.15) is 10.3 Å². The van der Waals surface area contributed by atoms with Crippen molar-refractivity contribution in [3.8, 4) is 11.8 Å². The molecule has 0 aliphatic rings. The van der Waals surface area contributed by atoms with Crippen molar-refractivity contribution >= 4 is 23.2 Å². The van der Waals surface area contributed by atoms with Gasteiger partial charge in [-0.25, -0.2) is 4.98 Å². The monoisotopic (exact) mass is 228 g/mol. The lowest BCUT2D eigenvalue weighted by molar-refractivity contribution is 0.818. The van der Waals surface area contributed by atoms with Gasteiger partial charge in [-0.15, -0.1) is 0 Å². The van der Waals surface area contributed by atoms with Crippen LogP contribution in [0.5, 0.6) is 0 Å². The fourth-order valence-corrected chi connectivity index (χ4v) is 1.35. The summed E-state index contributed by atoms with van der Waals surface area (Å²) in [5.74, 6) is 5.96. The van der Waals surface area contributed by atoms with Gasteiger partial charge < -0.3 is 5.32 Å². The van der Waals surface area contributed by atoms with E-state index in [9.17, 15) is 0 Å². The maximum absolute atomic E-state index is 5.71. The van der Waals surface area contributed by atoms with E-state index in [1.54, 1.807) is 12.1 Å². The van der Waals surface area contributed by atoms with Crippen molar-refractivity contribution < 1.29 is 0 Å². The van der Waals surface area contributed by atoms with Crippen LogP contribution in [-0.2, 0) is 0 Å². The largest absolute Gasteiger partial charge is 0.319 e. The molecule has 1 aromatic heterocycles. The summed E-state index contributed by atoms with van der Waals surface area (Å²) in [5.41, 5.74) is 0.797. The highest BCUT2D eigenvalue weighted by atomic mass is 35.5. The highest BCUT2D eigenvalue weighted by Gasteiger charge is 1.95. The third-order valence-corrected chi connectivity index (χ3v) is 1.88. The van der Waals surface area contributed by atoms with Gasteiger partial charge >= 0.3 is 0 Å². The Balaban J connectivity index is 2.69. The maximum atomic E-state index is 5.71. The number of rotatable bonds is 2. The van der Waals surface area contributed by atoms with Crippen LogP contribution in [0.1, 0.15) is 12.0 Å². The van der Waals surface area contributed by atoms with Crippen molar-refractivity contribution in [1.82, 2.24) is 10.3 Å². The molecule has 0 saturated heterocycles. The molecule has 2 nitrogen and oxygen atoms in total. The minimum Gasteiger partial charge on any atom is -0.319 e. The predicted octanol–water partition coefficient (Wildman–Crippen LogP) is 2.35. The van der Waals surface area contributed by atoms with Crippen LogP contribution in [-0.4, -0.2) is 18.6 Å². The minimum atomic E-state index is 0.371. The number of aromatic nitrogens is 1. The fourth-order valence-electron chi connectivity index (χ4n) is 0.889. The molecule has 74 valence electrons. The van der Waals surface area contributed by atoms with E-state index in [-0.39, 0.29) is 0 Å². The highest BCUT2D eigenvalue weighted by molar-refractivity contribution is 6.32. The number of nitrogens with one attached hydrogen (secondary N) is 1. The second-order valence-corrected chi connectivity index (χ2v) is 3.43. The summed E-state index contributed by atoms with van der Waals surface area (Å²) in [4.78, 5) is 3.83. The maximum Gasteiger partial charge on any atom is 0.132 e. The Kier molecular flexibility index (Phi) is 4.75. The summed E-state index contributed by atoms with van der Waals surface area (Å²) < 4.78 is 0. The predicted molar refractivity (Wildman–Crippen MR) is 59.7 cm³/mol. The molecular formula is C10H10Cl2N2. The van der Waals surface area contributed by atoms with Gasteiger partial charge in [0.05, 0.1) is 0 Å². The Morgan fingerprint density at radius 2 is 2.00 bits per heavy atom. The van der Waals surface area contributed by atoms with Crippen LogP contribution in [0.25, 0.3) is 0 Å². The Morgan fingerprint density at radius 3 is 2.57 bits per heavy atom. The van der Waals surface area contributed by atoms with Gasteiger partial charge in [0.2, 0.25) is 0 Å². The van der Waals surface area contributed by atoms with E-state index in [2.05, 4.69) is 22.1 Å². The minimum absolute atomic E-state index is 0.371. The van der Waals surface area contributed by atoms with E-state index in [0.717, 1.165) is 18.5 Å². The topological polar surface area (TPSA) is 24.9 Å². The van der Waals surface area contributed by atoms with Crippen LogP contribution < -0.4 is 5.32 Å². The van der Waals surface area contributed by atoms with E-state index in [4.69, 9.17) is 23.2 Å². The molecule has 1 N–H and O–H groups in total. The number of halogens is 2. The molecule has 1 rings (SSSR count). The average molecular weight is 229 g/mol. The first-order chi connectivity index (χ1) is 6.72. The van der Waals surface area contributed by atoms with Crippen LogP contribution in [0.4, 0.5) is 0 Å².